The maximum atomic E-state index is 14.1. The highest BCUT2D eigenvalue weighted by Crippen LogP contribution is 2.30. The van der Waals surface area contributed by atoms with Gasteiger partial charge in [0.25, 0.3) is 0 Å². The van der Waals surface area contributed by atoms with E-state index >= 15 is 0 Å². The summed E-state index contributed by atoms with van der Waals surface area (Å²) in [5.41, 5.74) is 1.48. The van der Waals surface area contributed by atoms with Gasteiger partial charge in [-0.3, -0.25) is 5.10 Å². The quantitative estimate of drug-likeness (QED) is 0.719. The van der Waals surface area contributed by atoms with Gasteiger partial charge in [-0.05, 0) is 37.4 Å². The molecule has 0 atom stereocenters. The third-order valence-corrected chi connectivity index (χ3v) is 6.52. The fourth-order valence-corrected chi connectivity index (χ4v) is 4.63. The second-order valence-electron chi connectivity index (χ2n) is 6.48. The van der Waals surface area contributed by atoms with Crippen LogP contribution in [0.2, 0.25) is 0 Å². The number of piperazine rings is 1. The molecule has 1 aromatic heterocycles. The molecule has 1 N–H and O–H groups in total. The summed E-state index contributed by atoms with van der Waals surface area (Å²) in [5.74, 6) is -0.773. The lowest BCUT2D eigenvalue weighted by Crippen LogP contribution is -2.44. The molecule has 1 aliphatic heterocycles. The maximum Gasteiger partial charge on any atom is 0.226 e. The molecule has 2 heterocycles. The predicted molar refractivity (Wildman–Crippen MR) is 105 cm³/mol. The van der Waals surface area contributed by atoms with Crippen LogP contribution >= 0.6 is 12.4 Å². The van der Waals surface area contributed by atoms with E-state index in [0.717, 1.165) is 37.9 Å². The fraction of sp³-hybridized carbons (Fsp3) is 0.278. The van der Waals surface area contributed by atoms with Crippen molar-refractivity contribution in [1.82, 2.24) is 15.1 Å². The van der Waals surface area contributed by atoms with E-state index in [2.05, 4.69) is 27.0 Å². The van der Waals surface area contributed by atoms with E-state index in [1.165, 1.54) is 18.2 Å². The van der Waals surface area contributed by atoms with Crippen LogP contribution in [0.25, 0.3) is 10.9 Å². The number of nitrogens with one attached hydrogen (secondary N) is 1. The summed E-state index contributed by atoms with van der Waals surface area (Å²) in [5, 5.41) is 7.07. The van der Waals surface area contributed by atoms with Crippen molar-refractivity contribution in [2.45, 2.75) is 9.92 Å². The van der Waals surface area contributed by atoms with Gasteiger partial charge in [-0.25, -0.2) is 12.8 Å². The van der Waals surface area contributed by atoms with E-state index in [-0.39, 0.29) is 22.3 Å². The lowest BCUT2D eigenvalue weighted by atomic mass is 10.2. The van der Waals surface area contributed by atoms with E-state index < -0.39 is 15.7 Å². The van der Waals surface area contributed by atoms with Crippen LogP contribution in [0.5, 0.6) is 0 Å². The number of hydrogen-bond acceptors (Lipinski definition) is 5. The van der Waals surface area contributed by atoms with Gasteiger partial charge in [-0.2, -0.15) is 5.10 Å². The predicted octanol–water partition coefficient (Wildman–Crippen LogP) is 2.71. The molecule has 0 spiro atoms. The van der Waals surface area contributed by atoms with E-state index in [4.69, 9.17) is 0 Å². The molecule has 9 heteroatoms. The average molecular weight is 411 g/mol. The molecule has 4 rings (SSSR count). The Morgan fingerprint density at radius 3 is 2.48 bits per heavy atom. The summed E-state index contributed by atoms with van der Waals surface area (Å²) < 4.78 is 39.9. The molecule has 144 valence electrons. The fourth-order valence-electron chi connectivity index (χ4n) is 3.21. The number of anilines is 1. The standard InChI is InChI=1S/C18H19FN4O2S.ClH/c1-22-8-10-23(11-9-22)13-6-7-16-14(12-13)18(21-20-16)26(24,25)17-5-3-2-4-15(17)19;/h2-7,12H,8-11H2,1H3,(H,20,21);1H. The first-order valence-electron chi connectivity index (χ1n) is 8.38. The number of aromatic amines is 1. The van der Waals surface area contributed by atoms with Crippen molar-refractivity contribution in [3.63, 3.8) is 0 Å². The van der Waals surface area contributed by atoms with E-state index in [9.17, 15) is 12.8 Å². The number of nitrogens with zero attached hydrogens (tertiary/aromatic N) is 3. The van der Waals surface area contributed by atoms with Crippen LogP contribution in [-0.2, 0) is 9.84 Å². The van der Waals surface area contributed by atoms with Crippen LogP contribution in [-0.4, -0.2) is 56.7 Å². The number of fused-ring (bicyclic) bond motifs is 1. The van der Waals surface area contributed by atoms with Crippen LogP contribution < -0.4 is 4.90 Å². The third-order valence-electron chi connectivity index (χ3n) is 4.77. The molecule has 3 aromatic rings. The molecule has 27 heavy (non-hydrogen) atoms. The van der Waals surface area contributed by atoms with Crippen molar-refractivity contribution in [1.29, 1.82) is 0 Å². The van der Waals surface area contributed by atoms with Gasteiger partial charge in [-0.15, -0.1) is 12.4 Å². The Balaban J connectivity index is 0.00000210. The SMILES string of the molecule is CN1CCN(c2ccc3n[nH]c(S(=O)(=O)c4ccccc4F)c3c2)CC1.Cl. The molecular weight excluding hydrogens is 391 g/mol. The number of H-pyrrole nitrogens is 1. The van der Waals surface area contributed by atoms with Gasteiger partial charge in [0, 0.05) is 37.3 Å². The Morgan fingerprint density at radius 2 is 1.78 bits per heavy atom. The van der Waals surface area contributed by atoms with Crippen molar-refractivity contribution in [3.8, 4) is 0 Å². The Kier molecular flexibility index (Phi) is 5.41. The van der Waals surface area contributed by atoms with Gasteiger partial charge in [0.1, 0.15) is 10.7 Å². The van der Waals surface area contributed by atoms with Gasteiger partial charge in [0.05, 0.1) is 5.52 Å². The zero-order chi connectivity index (χ0) is 18.3. The van der Waals surface area contributed by atoms with Crippen molar-refractivity contribution >= 4 is 38.8 Å². The van der Waals surface area contributed by atoms with E-state index in [1.807, 2.05) is 12.1 Å². The summed E-state index contributed by atoms with van der Waals surface area (Å²) in [7, 11) is -1.95. The monoisotopic (exact) mass is 410 g/mol. The molecule has 1 aliphatic rings. The smallest absolute Gasteiger partial charge is 0.226 e. The Hall–Kier alpha value is -2.16. The number of hydrogen-bond donors (Lipinski definition) is 1. The number of rotatable bonds is 3. The van der Waals surface area contributed by atoms with Gasteiger partial charge in [0.15, 0.2) is 5.03 Å². The summed E-state index contributed by atoms with van der Waals surface area (Å²) in [6.07, 6.45) is 0. The number of likely N-dealkylation sites (N-methyl/N-ethyl adjacent to an activating group) is 1. The van der Waals surface area contributed by atoms with Gasteiger partial charge < -0.3 is 9.80 Å². The highest BCUT2D eigenvalue weighted by molar-refractivity contribution is 7.91. The molecule has 2 aromatic carbocycles. The van der Waals surface area contributed by atoms with Crippen LogP contribution in [0, 0.1) is 5.82 Å². The molecule has 0 amide bonds. The number of sulfone groups is 1. The topological polar surface area (TPSA) is 69.3 Å². The first-order chi connectivity index (χ1) is 12.5. The molecule has 0 aliphatic carbocycles. The highest BCUT2D eigenvalue weighted by atomic mass is 35.5. The lowest BCUT2D eigenvalue weighted by Gasteiger charge is -2.34. The number of halogens is 2. The van der Waals surface area contributed by atoms with Crippen molar-refractivity contribution in [2.24, 2.45) is 0 Å². The summed E-state index contributed by atoms with van der Waals surface area (Å²) in [6, 6.07) is 10.9. The Labute approximate surface area is 163 Å². The van der Waals surface area contributed by atoms with E-state index in [1.54, 1.807) is 6.07 Å². The van der Waals surface area contributed by atoms with Crippen molar-refractivity contribution in [2.75, 3.05) is 38.1 Å². The minimum absolute atomic E-state index is 0. The molecule has 0 bridgehead atoms. The highest BCUT2D eigenvalue weighted by Gasteiger charge is 2.26. The first kappa shape index (κ1) is 19.6. The van der Waals surface area contributed by atoms with E-state index in [0.29, 0.717) is 10.9 Å². The average Bonchev–Trinajstić information content (AvgIpc) is 3.06. The lowest BCUT2D eigenvalue weighted by molar-refractivity contribution is 0.313. The van der Waals surface area contributed by atoms with Crippen LogP contribution in [0.3, 0.4) is 0 Å². The second kappa shape index (κ2) is 7.46. The van der Waals surface area contributed by atoms with Gasteiger partial charge in [-0.1, -0.05) is 12.1 Å². The largest absolute Gasteiger partial charge is 0.369 e. The van der Waals surface area contributed by atoms with Crippen molar-refractivity contribution in [3.05, 3.63) is 48.3 Å². The third kappa shape index (κ3) is 3.52. The van der Waals surface area contributed by atoms with Gasteiger partial charge >= 0.3 is 0 Å². The summed E-state index contributed by atoms with van der Waals surface area (Å²) in [4.78, 5) is 4.11. The Bertz CT molecular complexity index is 1060. The number of aromatic nitrogens is 2. The van der Waals surface area contributed by atoms with Gasteiger partial charge in [0.2, 0.25) is 9.84 Å². The zero-order valence-corrected chi connectivity index (χ0v) is 16.4. The molecule has 0 radical (unpaired) electrons. The zero-order valence-electron chi connectivity index (χ0n) is 14.7. The molecule has 1 saturated heterocycles. The second-order valence-corrected chi connectivity index (χ2v) is 8.33. The molecular formula is C18H20ClFN4O2S. The normalized spacial score (nSPS) is 15.7. The maximum absolute atomic E-state index is 14.1. The molecule has 6 nitrogen and oxygen atoms in total. The van der Waals surface area contributed by atoms with Crippen LogP contribution in [0.15, 0.2) is 52.4 Å². The minimum Gasteiger partial charge on any atom is -0.369 e. The number of benzene rings is 2. The summed E-state index contributed by atoms with van der Waals surface area (Å²) >= 11 is 0. The van der Waals surface area contributed by atoms with Crippen LogP contribution in [0.4, 0.5) is 10.1 Å². The molecule has 1 fully saturated rings. The first-order valence-corrected chi connectivity index (χ1v) is 9.86. The van der Waals surface area contributed by atoms with Crippen LogP contribution in [0.1, 0.15) is 0 Å². The summed E-state index contributed by atoms with van der Waals surface area (Å²) in [6.45, 7) is 3.64. The molecule has 0 saturated carbocycles. The Morgan fingerprint density at radius 1 is 1.07 bits per heavy atom. The minimum atomic E-state index is -4.03. The molecule has 0 unspecified atom stereocenters. The van der Waals surface area contributed by atoms with Crippen molar-refractivity contribution < 1.29 is 12.8 Å².